The van der Waals surface area contributed by atoms with Gasteiger partial charge >= 0.3 is 0 Å². The number of rotatable bonds is 5. The number of piperazine rings is 1. The maximum absolute atomic E-state index is 12.3. The van der Waals surface area contributed by atoms with Crippen molar-refractivity contribution in [1.29, 1.82) is 0 Å². The Bertz CT molecular complexity index is 556. The highest BCUT2D eigenvalue weighted by Gasteiger charge is 2.31. The molecule has 136 valence electrons. The monoisotopic (exact) mass is 341 g/mol. The standard InChI is InChI=1S/C21H31N3O/c25-21(18-4-2-1-3-5-18)22-19-8-10-20(11-9-19)24-14-12-23(13-15-24)16-17-6-7-17/h1-5,17,19-20H,6-16H2,(H,22,25). The molecule has 1 saturated heterocycles. The van der Waals surface area contributed by atoms with Crippen LogP contribution in [0.3, 0.4) is 0 Å². The van der Waals surface area contributed by atoms with Crippen molar-refractivity contribution in [2.75, 3.05) is 32.7 Å². The van der Waals surface area contributed by atoms with E-state index in [2.05, 4.69) is 15.1 Å². The Morgan fingerprint density at radius 1 is 0.920 bits per heavy atom. The fraction of sp³-hybridized carbons (Fsp3) is 0.667. The second-order valence-electron chi connectivity index (χ2n) is 8.12. The summed E-state index contributed by atoms with van der Waals surface area (Å²) in [6, 6.07) is 10.7. The van der Waals surface area contributed by atoms with Gasteiger partial charge in [-0.25, -0.2) is 0 Å². The van der Waals surface area contributed by atoms with Gasteiger partial charge in [0.15, 0.2) is 0 Å². The predicted molar refractivity (Wildman–Crippen MR) is 101 cm³/mol. The van der Waals surface area contributed by atoms with Crippen LogP contribution in [0.2, 0.25) is 0 Å². The van der Waals surface area contributed by atoms with Crippen molar-refractivity contribution in [2.45, 2.75) is 50.6 Å². The van der Waals surface area contributed by atoms with E-state index < -0.39 is 0 Å². The molecule has 1 aromatic carbocycles. The summed E-state index contributed by atoms with van der Waals surface area (Å²) >= 11 is 0. The fourth-order valence-electron chi connectivity index (χ4n) is 4.42. The molecule has 0 spiro atoms. The smallest absolute Gasteiger partial charge is 0.251 e. The second kappa shape index (κ2) is 7.88. The Kier molecular flexibility index (Phi) is 5.37. The first-order chi connectivity index (χ1) is 12.3. The summed E-state index contributed by atoms with van der Waals surface area (Å²) in [5.74, 6) is 1.09. The van der Waals surface area contributed by atoms with E-state index in [4.69, 9.17) is 0 Å². The lowest BCUT2D eigenvalue weighted by atomic mass is 9.89. The van der Waals surface area contributed by atoms with Gasteiger partial charge in [0.1, 0.15) is 0 Å². The number of carbonyl (C=O) groups is 1. The molecule has 0 radical (unpaired) electrons. The summed E-state index contributed by atoms with van der Waals surface area (Å²) in [6.07, 6.45) is 7.60. The molecule has 1 heterocycles. The average Bonchev–Trinajstić information content (AvgIpc) is 3.48. The maximum Gasteiger partial charge on any atom is 0.251 e. The first-order valence-corrected chi connectivity index (χ1v) is 10.1. The van der Waals surface area contributed by atoms with Crippen LogP contribution in [0.5, 0.6) is 0 Å². The van der Waals surface area contributed by atoms with Crippen molar-refractivity contribution in [3.8, 4) is 0 Å². The third-order valence-corrected chi connectivity index (χ3v) is 6.20. The van der Waals surface area contributed by atoms with Crippen LogP contribution >= 0.6 is 0 Å². The van der Waals surface area contributed by atoms with E-state index >= 15 is 0 Å². The van der Waals surface area contributed by atoms with Crippen molar-refractivity contribution in [2.24, 2.45) is 5.92 Å². The SMILES string of the molecule is O=C(NC1CCC(N2CCN(CC3CC3)CC2)CC1)c1ccccc1. The Morgan fingerprint density at radius 3 is 2.24 bits per heavy atom. The third kappa shape index (κ3) is 4.62. The van der Waals surface area contributed by atoms with Gasteiger partial charge in [-0.2, -0.15) is 0 Å². The quantitative estimate of drug-likeness (QED) is 0.894. The van der Waals surface area contributed by atoms with Gasteiger partial charge in [-0.1, -0.05) is 18.2 Å². The molecule has 0 unspecified atom stereocenters. The number of hydrogen-bond donors (Lipinski definition) is 1. The molecule has 1 aliphatic heterocycles. The molecule has 0 aromatic heterocycles. The summed E-state index contributed by atoms with van der Waals surface area (Å²) in [5, 5.41) is 3.23. The van der Waals surface area contributed by atoms with Crippen LogP contribution in [0.15, 0.2) is 30.3 Å². The molecular formula is C21H31N3O. The number of benzene rings is 1. The van der Waals surface area contributed by atoms with Gasteiger partial charge in [0.2, 0.25) is 0 Å². The Hall–Kier alpha value is -1.39. The van der Waals surface area contributed by atoms with E-state index in [1.807, 2.05) is 30.3 Å². The third-order valence-electron chi connectivity index (χ3n) is 6.20. The molecule has 4 heteroatoms. The zero-order valence-corrected chi connectivity index (χ0v) is 15.2. The van der Waals surface area contributed by atoms with Crippen molar-refractivity contribution in [3.63, 3.8) is 0 Å². The molecule has 25 heavy (non-hydrogen) atoms. The van der Waals surface area contributed by atoms with E-state index in [9.17, 15) is 4.79 Å². The Morgan fingerprint density at radius 2 is 1.60 bits per heavy atom. The highest BCUT2D eigenvalue weighted by atomic mass is 16.1. The molecule has 1 N–H and O–H groups in total. The number of carbonyl (C=O) groups excluding carboxylic acids is 1. The molecule has 1 aromatic rings. The van der Waals surface area contributed by atoms with Crippen LogP contribution < -0.4 is 5.32 Å². The molecule has 4 rings (SSSR count). The Balaban J connectivity index is 1.19. The van der Waals surface area contributed by atoms with Crippen molar-refractivity contribution < 1.29 is 4.79 Å². The van der Waals surface area contributed by atoms with E-state index in [0.717, 1.165) is 30.4 Å². The molecule has 2 saturated carbocycles. The first kappa shape index (κ1) is 17.0. The molecule has 2 aliphatic carbocycles. The lowest BCUT2D eigenvalue weighted by molar-refractivity contribution is 0.0694. The summed E-state index contributed by atoms with van der Waals surface area (Å²) < 4.78 is 0. The van der Waals surface area contributed by atoms with Gasteiger partial charge in [-0.3, -0.25) is 9.69 Å². The first-order valence-electron chi connectivity index (χ1n) is 10.1. The largest absolute Gasteiger partial charge is 0.349 e. The normalized spacial score (nSPS) is 28.6. The number of nitrogens with zero attached hydrogens (tertiary/aromatic N) is 2. The molecule has 0 atom stereocenters. The minimum Gasteiger partial charge on any atom is -0.349 e. The number of amides is 1. The topological polar surface area (TPSA) is 35.6 Å². The van der Waals surface area contributed by atoms with Crippen LogP contribution in [0.25, 0.3) is 0 Å². The van der Waals surface area contributed by atoms with E-state index in [-0.39, 0.29) is 5.91 Å². The van der Waals surface area contributed by atoms with Gasteiger partial charge in [0, 0.05) is 50.4 Å². The number of nitrogens with one attached hydrogen (secondary N) is 1. The van der Waals surface area contributed by atoms with Crippen molar-refractivity contribution in [1.82, 2.24) is 15.1 Å². The van der Waals surface area contributed by atoms with Crippen LogP contribution in [-0.4, -0.2) is 60.5 Å². The van der Waals surface area contributed by atoms with Crippen LogP contribution in [0.1, 0.15) is 48.9 Å². The van der Waals surface area contributed by atoms with Crippen molar-refractivity contribution >= 4 is 5.91 Å². The van der Waals surface area contributed by atoms with Crippen LogP contribution in [0, 0.1) is 5.92 Å². The molecule has 1 amide bonds. The lowest BCUT2D eigenvalue weighted by Gasteiger charge is -2.42. The van der Waals surface area contributed by atoms with Gasteiger partial charge in [0.25, 0.3) is 5.91 Å². The second-order valence-corrected chi connectivity index (χ2v) is 8.12. The molecule has 3 aliphatic rings. The van der Waals surface area contributed by atoms with Crippen LogP contribution in [-0.2, 0) is 0 Å². The van der Waals surface area contributed by atoms with Gasteiger partial charge in [0.05, 0.1) is 0 Å². The average molecular weight is 341 g/mol. The van der Waals surface area contributed by atoms with Gasteiger partial charge in [-0.05, 0) is 56.6 Å². The maximum atomic E-state index is 12.3. The molecular weight excluding hydrogens is 310 g/mol. The predicted octanol–water partition coefficient (Wildman–Crippen LogP) is 2.76. The highest BCUT2D eigenvalue weighted by Crippen LogP contribution is 2.30. The molecule has 3 fully saturated rings. The Labute approximate surface area is 151 Å². The molecule has 4 nitrogen and oxygen atoms in total. The van der Waals surface area contributed by atoms with Crippen molar-refractivity contribution in [3.05, 3.63) is 35.9 Å². The number of hydrogen-bond acceptors (Lipinski definition) is 3. The fourth-order valence-corrected chi connectivity index (χ4v) is 4.42. The van der Waals surface area contributed by atoms with E-state index in [0.29, 0.717) is 6.04 Å². The minimum absolute atomic E-state index is 0.0812. The summed E-state index contributed by atoms with van der Waals surface area (Å²) in [6.45, 7) is 6.31. The highest BCUT2D eigenvalue weighted by molar-refractivity contribution is 5.94. The zero-order valence-electron chi connectivity index (χ0n) is 15.2. The minimum atomic E-state index is 0.0812. The molecule has 0 bridgehead atoms. The van der Waals surface area contributed by atoms with Gasteiger partial charge < -0.3 is 10.2 Å². The van der Waals surface area contributed by atoms with Crippen LogP contribution in [0.4, 0.5) is 0 Å². The van der Waals surface area contributed by atoms with E-state index in [1.165, 1.54) is 58.4 Å². The summed E-state index contributed by atoms with van der Waals surface area (Å²) in [4.78, 5) is 17.7. The van der Waals surface area contributed by atoms with E-state index in [1.54, 1.807) is 0 Å². The summed E-state index contributed by atoms with van der Waals surface area (Å²) in [5.41, 5.74) is 0.774. The zero-order chi connectivity index (χ0) is 17.1. The summed E-state index contributed by atoms with van der Waals surface area (Å²) in [7, 11) is 0. The van der Waals surface area contributed by atoms with Gasteiger partial charge in [-0.15, -0.1) is 0 Å². The lowest BCUT2D eigenvalue weighted by Crippen LogP contribution is -2.52.